The van der Waals surface area contributed by atoms with Crippen LogP contribution in [0.5, 0.6) is 5.75 Å². The Balaban J connectivity index is 2.78. The third-order valence-corrected chi connectivity index (χ3v) is 2.56. The first-order valence-electron chi connectivity index (χ1n) is 3.91. The maximum absolute atomic E-state index is 5.21. The van der Waals surface area contributed by atoms with E-state index in [1.165, 1.54) is 0 Å². The summed E-state index contributed by atoms with van der Waals surface area (Å²) < 4.78 is 6.11. The number of imidazole rings is 1. The van der Waals surface area contributed by atoms with E-state index in [-0.39, 0.29) is 0 Å². The second kappa shape index (κ2) is 3.17. The van der Waals surface area contributed by atoms with E-state index < -0.39 is 0 Å². The van der Waals surface area contributed by atoms with Gasteiger partial charge in [-0.15, -0.1) is 0 Å². The van der Waals surface area contributed by atoms with Crippen molar-refractivity contribution in [3.8, 4) is 5.75 Å². The van der Waals surface area contributed by atoms with Crippen LogP contribution in [0.25, 0.3) is 11.0 Å². The molecule has 0 radical (unpaired) electrons. The molecule has 1 aromatic heterocycles. The Morgan fingerprint density at radius 3 is 2.92 bits per heavy atom. The van der Waals surface area contributed by atoms with Gasteiger partial charge in [0.1, 0.15) is 5.75 Å². The Morgan fingerprint density at radius 2 is 2.23 bits per heavy atom. The number of benzene rings is 1. The zero-order chi connectivity index (χ0) is 9.42. The van der Waals surface area contributed by atoms with Gasteiger partial charge in [-0.2, -0.15) is 0 Å². The molecule has 1 heterocycles. The van der Waals surface area contributed by atoms with Crippen molar-refractivity contribution < 1.29 is 4.74 Å². The van der Waals surface area contributed by atoms with Gasteiger partial charge in [-0.25, -0.2) is 4.98 Å². The number of H-pyrrole nitrogens is 1. The molecule has 0 aliphatic carbocycles. The van der Waals surface area contributed by atoms with Crippen LogP contribution in [0.15, 0.2) is 12.1 Å². The molecule has 13 heavy (non-hydrogen) atoms. The van der Waals surface area contributed by atoms with Gasteiger partial charge in [0.05, 0.1) is 18.1 Å². The molecular formula is C9H9IN2O. The van der Waals surface area contributed by atoms with Crippen molar-refractivity contribution in [3.63, 3.8) is 0 Å². The summed E-state index contributed by atoms with van der Waals surface area (Å²) >= 11 is 2.17. The molecule has 0 saturated heterocycles. The zero-order valence-electron chi connectivity index (χ0n) is 7.39. The van der Waals surface area contributed by atoms with Gasteiger partial charge in [0.15, 0.2) is 3.83 Å². The highest BCUT2D eigenvalue weighted by atomic mass is 127. The summed E-state index contributed by atoms with van der Waals surface area (Å²) in [6.07, 6.45) is 0. The second-order valence-electron chi connectivity index (χ2n) is 2.82. The molecule has 0 amide bonds. The summed E-state index contributed by atoms with van der Waals surface area (Å²) in [5.74, 6) is 0.885. The average molecular weight is 288 g/mol. The van der Waals surface area contributed by atoms with Crippen molar-refractivity contribution in [3.05, 3.63) is 21.5 Å². The van der Waals surface area contributed by atoms with Crippen molar-refractivity contribution in [2.45, 2.75) is 6.92 Å². The Hall–Kier alpha value is -0.780. The van der Waals surface area contributed by atoms with E-state index in [2.05, 4.69) is 32.6 Å². The van der Waals surface area contributed by atoms with E-state index in [0.717, 1.165) is 26.2 Å². The van der Waals surface area contributed by atoms with Gasteiger partial charge in [-0.1, -0.05) is 0 Å². The number of aryl methyl sites for hydroxylation is 1. The number of hydrogen-bond donors (Lipinski definition) is 1. The molecule has 0 fully saturated rings. The zero-order valence-corrected chi connectivity index (χ0v) is 9.55. The predicted octanol–water partition coefficient (Wildman–Crippen LogP) is 2.48. The molecule has 1 aromatic carbocycles. The summed E-state index contributed by atoms with van der Waals surface area (Å²) in [4.78, 5) is 7.54. The van der Waals surface area contributed by atoms with Crippen LogP contribution in [0.4, 0.5) is 0 Å². The number of hydrogen-bond acceptors (Lipinski definition) is 2. The maximum atomic E-state index is 5.21. The van der Waals surface area contributed by atoms with E-state index >= 15 is 0 Å². The fourth-order valence-electron chi connectivity index (χ4n) is 1.38. The Bertz CT molecular complexity index is 450. The van der Waals surface area contributed by atoms with Crippen LogP contribution in [0, 0.1) is 10.8 Å². The van der Waals surface area contributed by atoms with E-state index in [0.29, 0.717) is 0 Å². The third kappa shape index (κ3) is 1.39. The third-order valence-electron chi connectivity index (χ3n) is 2.05. The molecule has 0 bridgehead atoms. The summed E-state index contributed by atoms with van der Waals surface area (Å²) in [6.45, 7) is 2.01. The monoisotopic (exact) mass is 288 g/mol. The molecule has 1 N–H and O–H groups in total. The van der Waals surface area contributed by atoms with Gasteiger partial charge >= 0.3 is 0 Å². The smallest absolute Gasteiger partial charge is 0.169 e. The largest absolute Gasteiger partial charge is 0.496 e. The molecule has 0 saturated carbocycles. The van der Waals surface area contributed by atoms with Crippen LogP contribution < -0.4 is 4.74 Å². The van der Waals surface area contributed by atoms with Crippen LogP contribution in [-0.2, 0) is 0 Å². The summed E-state index contributed by atoms with van der Waals surface area (Å²) in [7, 11) is 1.67. The van der Waals surface area contributed by atoms with Gasteiger partial charge in [0, 0.05) is 5.56 Å². The lowest BCUT2D eigenvalue weighted by Gasteiger charge is -2.03. The number of methoxy groups -OCH3 is 1. The van der Waals surface area contributed by atoms with Crippen LogP contribution in [0.2, 0.25) is 0 Å². The van der Waals surface area contributed by atoms with Gasteiger partial charge in [-0.3, -0.25) is 0 Å². The fraction of sp³-hybridized carbons (Fsp3) is 0.222. The first-order valence-corrected chi connectivity index (χ1v) is 4.99. The molecular weight excluding hydrogens is 279 g/mol. The van der Waals surface area contributed by atoms with Gasteiger partial charge < -0.3 is 9.72 Å². The minimum absolute atomic E-state index is 0.885. The SMILES string of the molecule is COc1ccc2[nH]c(I)nc2c1C. The molecule has 3 nitrogen and oxygen atoms in total. The van der Waals surface area contributed by atoms with Crippen molar-refractivity contribution in [2.75, 3.05) is 7.11 Å². The number of aromatic nitrogens is 2. The number of ether oxygens (including phenoxy) is 1. The molecule has 0 unspecified atom stereocenters. The predicted molar refractivity (Wildman–Crippen MR) is 60.1 cm³/mol. The second-order valence-corrected chi connectivity index (χ2v) is 3.84. The van der Waals surface area contributed by atoms with Crippen LogP contribution >= 0.6 is 22.6 Å². The van der Waals surface area contributed by atoms with Crippen molar-refractivity contribution >= 4 is 33.6 Å². The van der Waals surface area contributed by atoms with Crippen LogP contribution in [0.3, 0.4) is 0 Å². The Morgan fingerprint density at radius 1 is 1.46 bits per heavy atom. The van der Waals surface area contributed by atoms with E-state index in [4.69, 9.17) is 4.74 Å². The van der Waals surface area contributed by atoms with Crippen molar-refractivity contribution in [1.29, 1.82) is 0 Å². The van der Waals surface area contributed by atoms with Crippen molar-refractivity contribution in [1.82, 2.24) is 9.97 Å². The standard InChI is InChI=1S/C9H9IN2O/c1-5-7(13-2)4-3-6-8(5)12-9(10)11-6/h3-4H,1-2H3,(H,11,12). The minimum atomic E-state index is 0.885. The highest BCUT2D eigenvalue weighted by Crippen LogP contribution is 2.25. The summed E-state index contributed by atoms with van der Waals surface area (Å²) in [6, 6.07) is 3.93. The van der Waals surface area contributed by atoms with Gasteiger partial charge in [0.25, 0.3) is 0 Å². The summed E-state index contributed by atoms with van der Waals surface area (Å²) in [5, 5.41) is 0. The molecule has 0 atom stereocenters. The minimum Gasteiger partial charge on any atom is -0.496 e. The summed E-state index contributed by atoms with van der Waals surface area (Å²) in [5.41, 5.74) is 3.13. The normalized spacial score (nSPS) is 10.7. The molecule has 4 heteroatoms. The van der Waals surface area contributed by atoms with Gasteiger partial charge in [-0.05, 0) is 41.6 Å². The topological polar surface area (TPSA) is 37.9 Å². The molecule has 68 valence electrons. The van der Waals surface area contributed by atoms with E-state index in [1.807, 2.05) is 19.1 Å². The number of halogens is 1. The lowest BCUT2D eigenvalue weighted by molar-refractivity contribution is 0.412. The average Bonchev–Trinajstić information content (AvgIpc) is 2.47. The molecule has 0 aliphatic rings. The fourth-order valence-corrected chi connectivity index (χ4v) is 1.92. The van der Waals surface area contributed by atoms with Crippen LogP contribution in [0.1, 0.15) is 5.56 Å². The first kappa shape index (κ1) is 8.80. The Kier molecular flexibility index (Phi) is 2.15. The quantitative estimate of drug-likeness (QED) is 0.819. The number of nitrogens with one attached hydrogen (secondary N) is 1. The molecule has 0 aliphatic heterocycles. The lowest BCUT2D eigenvalue weighted by atomic mass is 10.2. The Labute approximate surface area is 89.6 Å². The van der Waals surface area contributed by atoms with Gasteiger partial charge in [0.2, 0.25) is 0 Å². The van der Waals surface area contributed by atoms with E-state index in [1.54, 1.807) is 7.11 Å². The van der Waals surface area contributed by atoms with Crippen LogP contribution in [-0.4, -0.2) is 17.1 Å². The maximum Gasteiger partial charge on any atom is 0.169 e. The molecule has 0 spiro atoms. The van der Waals surface area contributed by atoms with Crippen molar-refractivity contribution in [2.24, 2.45) is 0 Å². The molecule has 2 rings (SSSR count). The number of nitrogens with zero attached hydrogens (tertiary/aromatic N) is 1. The highest BCUT2D eigenvalue weighted by molar-refractivity contribution is 14.1. The number of aromatic amines is 1. The first-order chi connectivity index (χ1) is 6.22. The highest BCUT2D eigenvalue weighted by Gasteiger charge is 2.07. The van der Waals surface area contributed by atoms with E-state index in [9.17, 15) is 0 Å². The number of rotatable bonds is 1. The number of fused-ring (bicyclic) bond motifs is 1. The lowest BCUT2D eigenvalue weighted by Crippen LogP contribution is -1.87. The molecule has 2 aromatic rings.